The summed E-state index contributed by atoms with van der Waals surface area (Å²) in [7, 11) is 1.63. The molecule has 24 heavy (non-hydrogen) atoms. The molecule has 0 saturated heterocycles. The number of benzene rings is 1. The maximum atomic E-state index is 12.3. The van der Waals surface area contributed by atoms with Gasteiger partial charge in [-0.1, -0.05) is 23.9 Å². The molecule has 1 amide bonds. The van der Waals surface area contributed by atoms with Crippen LogP contribution in [0.5, 0.6) is 5.75 Å². The predicted octanol–water partition coefficient (Wildman–Crippen LogP) is 3.50. The number of carbonyl (C=O) groups excluding carboxylic acids is 1. The molecule has 0 saturated carbocycles. The van der Waals surface area contributed by atoms with Crippen LogP contribution in [0.4, 0.5) is 0 Å². The van der Waals surface area contributed by atoms with Gasteiger partial charge in [0.2, 0.25) is 5.91 Å². The van der Waals surface area contributed by atoms with Crippen LogP contribution in [0.3, 0.4) is 0 Å². The number of nitrogens with one attached hydrogen (secondary N) is 1. The second-order valence-corrected chi connectivity index (χ2v) is 7.37. The maximum Gasteiger partial charge on any atom is 0.233 e. The fourth-order valence-corrected chi connectivity index (χ4v) is 3.88. The van der Waals surface area contributed by atoms with Crippen molar-refractivity contribution in [1.29, 1.82) is 0 Å². The zero-order chi connectivity index (χ0) is 16.9. The predicted molar refractivity (Wildman–Crippen MR) is 97.6 cm³/mol. The molecule has 0 bridgehead atoms. The van der Waals surface area contributed by atoms with Gasteiger partial charge in [-0.05, 0) is 36.1 Å². The van der Waals surface area contributed by atoms with Crippen LogP contribution in [0.1, 0.15) is 12.5 Å². The Morgan fingerprint density at radius 3 is 2.83 bits per heavy atom. The Morgan fingerprint density at radius 1 is 1.29 bits per heavy atom. The molecule has 2 heterocycles. The topological polar surface area (TPSA) is 64.1 Å². The van der Waals surface area contributed by atoms with E-state index in [0.29, 0.717) is 6.54 Å². The van der Waals surface area contributed by atoms with Crippen molar-refractivity contribution >= 4 is 39.2 Å². The third-order valence-corrected chi connectivity index (χ3v) is 5.45. The highest BCUT2D eigenvalue weighted by Crippen LogP contribution is 2.30. The van der Waals surface area contributed by atoms with E-state index in [9.17, 15) is 4.79 Å². The summed E-state index contributed by atoms with van der Waals surface area (Å²) in [4.78, 5) is 21.8. The van der Waals surface area contributed by atoms with Gasteiger partial charge in [0.15, 0.2) is 0 Å². The number of methoxy groups -OCH3 is 1. The molecule has 7 heteroatoms. The number of nitrogens with zero attached hydrogens (tertiary/aromatic N) is 2. The lowest BCUT2D eigenvalue weighted by atomic mass is 10.2. The van der Waals surface area contributed by atoms with E-state index in [1.165, 1.54) is 11.8 Å². The van der Waals surface area contributed by atoms with Crippen molar-refractivity contribution in [3.8, 4) is 5.75 Å². The van der Waals surface area contributed by atoms with Crippen LogP contribution in [-0.2, 0) is 11.3 Å². The first-order valence-corrected chi connectivity index (χ1v) is 9.19. The van der Waals surface area contributed by atoms with Crippen molar-refractivity contribution in [2.24, 2.45) is 0 Å². The van der Waals surface area contributed by atoms with Crippen molar-refractivity contribution in [2.45, 2.75) is 23.7 Å². The quantitative estimate of drug-likeness (QED) is 0.539. The highest BCUT2D eigenvalue weighted by Gasteiger charge is 2.17. The first-order chi connectivity index (χ1) is 11.7. The number of aromatic nitrogens is 2. The molecule has 0 radical (unpaired) electrons. The second kappa shape index (κ2) is 7.63. The zero-order valence-corrected chi connectivity index (χ0v) is 15.0. The smallest absolute Gasteiger partial charge is 0.233 e. The Hall–Kier alpha value is -2.12. The molecule has 3 aromatic rings. The average molecular weight is 359 g/mol. The normalized spacial score (nSPS) is 12.1. The first kappa shape index (κ1) is 16.7. The molecule has 0 fully saturated rings. The Morgan fingerprint density at radius 2 is 2.08 bits per heavy atom. The number of hydrogen-bond donors (Lipinski definition) is 1. The number of thioether (sulfide) groups is 1. The fraction of sp³-hybridized carbons (Fsp3) is 0.235. The van der Waals surface area contributed by atoms with Crippen LogP contribution in [0.15, 0.2) is 47.1 Å². The molecule has 3 rings (SSSR count). The zero-order valence-electron chi connectivity index (χ0n) is 13.4. The van der Waals surface area contributed by atoms with Crippen LogP contribution in [0.25, 0.3) is 10.2 Å². The molecule has 0 spiro atoms. The Kier molecular flexibility index (Phi) is 5.32. The van der Waals surface area contributed by atoms with E-state index in [1.54, 1.807) is 24.8 Å². The summed E-state index contributed by atoms with van der Waals surface area (Å²) in [6, 6.07) is 9.64. The van der Waals surface area contributed by atoms with Crippen LogP contribution in [-0.4, -0.2) is 28.2 Å². The van der Waals surface area contributed by atoms with Crippen molar-refractivity contribution < 1.29 is 9.53 Å². The van der Waals surface area contributed by atoms with Gasteiger partial charge < -0.3 is 10.1 Å². The minimum atomic E-state index is -0.235. The van der Waals surface area contributed by atoms with E-state index < -0.39 is 0 Å². The first-order valence-electron chi connectivity index (χ1n) is 7.43. The van der Waals surface area contributed by atoms with Gasteiger partial charge in [-0.15, -0.1) is 11.3 Å². The molecule has 0 aliphatic heterocycles. The van der Waals surface area contributed by atoms with Crippen molar-refractivity contribution in [3.63, 3.8) is 0 Å². The summed E-state index contributed by atoms with van der Waals surface area (Å²) >= 11 is 3.02. The second-order valence-electron chi connectivity index (χ2n) is 5.14. The van der Waals surface area contributed by atoms with Gasteiger partial charge in [0.25, 0.3) is 0 Å². The summed E-state index contributed by atoms with van der Waals surface area (Å²) < 4.78 is 5.13. The van der Waals surface area contributed by atoms with Crippen molar-refractivity contribution in [3.05, 3.63) is 47.6 Å². The van der Waals surface area contributed by atoms with Gasteiger partial charge in [0, 0.05) is 11.9 Å². The third kappa shape index (κ3) is 3.85. The molecule has 1 aromatic carbocycles. The molecular formula is C17H17N3O2S2. The minimum absolute atomic E-state index is 0.0159. The number of ether oxygens (including phenoxy) is 1. The Balaban J connectivity index is 1.59. The third-order valence-electron chi connectivity index (χ3n) is 3.51. The van der Waals surface area contributed by atoms with Crippen LogP contribution in [0, 0.1) is 0 Å². The van der Waals surface area contributed by atoms with E-state index >= 15 is 0 Å². The van der Waals surface area contributed by atoms with Gasteiger partial charge in [0.1, 0.15) is 21.9 Å². The summed E-state index contributed by atoms with van der Waals surface area (Å²) in [6.07, 6.45) is 1.54. The monoisotopic (exact) mass is 359 g/mol. The summed E-state index contributed by atoms with van der Waals surface area (Å²) in [5.74, 6) is 0.787. The number of fused-ring (bicyclic) bond motifs is 1. The molecule has 2 aromatic heterocycles. The summed E-state index contributed by atoms with van der Waals surface area (Å²) in [5.41, 5.74) is 1.03. The molecule has 124 valence electrons. The molecule has 5 nitrogen and oxygen atoms in total. The minimum Gasteiger partial charge on any atom is -0.497 e. The van der Waals surface area contributed by atoms with E-state index in [1.807, 2.05) is 42.6 Å². The number of rotatable bonds is 6. The standard InChI is InChI=1S/C17H17N3O2S2/c1-11(24-17-14-7-8-23-16(14)19-10-20-17)15(21)18-9-12-3-5-13(22-2)6-4-12/h3-8,10-11H,9H2,1-2H3,(H,18,21)/t11-/m0/s1. The lowest BCUT2D eigenvalue weighted by Crippen LogP contribution is -2.30. The highest BCUT2D eigenvalue weighted by atomic mass is 32.2. The Labute approximate surface area is 148 Å². The van der Waals surface area contributed by atoms with E-state index in [0.717, 1.165) is 26.6 Å². The van der Waals surface area contributed by atoms with Crippen LogP contribution < -0.4 is 10.1 Å². The lowest BCUT2D eigenvalue weighted by Gasteiger charge is -2.12. The molecule has 0 unspecified atom stereocenters. The van der Waals surface area contributed by atoms with E-state index in [-0.39, 0.29) is 11.2 Å². The van der Waals surface area contributed by atoms with Gasteiger partial charge in [-0.25, -0.2) is 9.97 Å². The fourth-order valence-electron chi connectivity index (χ4n) is 2.16. The average Bonchev–Trinajstić information content (AvgIpc) is 3.10. The summed E-state index contributed by atoms with van der Waals surface area (Å²) in [5, 5.41) is 6.55. The Bertz CT molecular complexity index is 833. The van der Waals surface area contributed by atoms with Crippen molar-refractivity contribution in [1.82, 2.24) is 15.3 Å². The molecular weight excluding hydrogens is 342 g/mol. The number of amides is 1. The number of carbonyl (C=O) groups is 1. The maximum absolute atomic E-state index is 12.3. The van der Waals surface area contributed by atoms with E-state index in [4.69, 9.17) is 4.74 Å². The van der Waals surface area contributed by atoms with Crippen LogP contribution >= 0.6 is 23.1 Å². The van der Waals surface area contributed by atoms with Gasteiger partial charge in [0.05, 0.1) is 12.4 Å². The largest absolute Gasteiger partial charge is 0.497 e. The van der Waals surface area contributed by atoms with Gasteiger partial charge in [-0.3, -0.25) is 4.79 Å². The van der Waals surface area contributed by atoms with Crippen LogP contribution in [0.2, 0.25) is 0 Å². The number of hydrogen-bond acceptors (Lipinski definition) is 6. The van der Waals surface area contributed by atoms with Gasteiger partial charge >= 0.3 is 0 Å². The van der Waals surface area contributed by atoms with Gasteiger partial charge in [-0.2, -0.15) is 0 Å². The highest BCUT2D eigenvalue weighted by molar-refractivity contribution is 8.00. The van der Waals surface area contributed by atoms with Crippen molar-refractivity contribution in [2.75, 3.05) is 7.11 Å². The molecule has 1 atom stereocenters. The van der Waals surface area contributed by atoms with E-state index in [2.05, 4.69) is 15.3 Å². The SMILES string of the molecule is COc1ccc(CNC(=O)[C@H](C)Sc2ncnc3sccc23)cc1. The number of thiophene rings is 1. The lowest BCUT2D eigenvalue weighted by molar-refractivity contribution is -0.120. The molecule has 0 aliphatic carbocycles. The molecule has 0 aliphatic rings. The molecule has 1 N–H and O–H groups in total. The summed E-state index contributed by atoms with van der Waals surface area (Å²) in [6.45, 7) is 2.37.